The standard InChI is InChI=1S/C23H41N3O4Si2/c1-22(2,3)31(7,8)28-14-17-19(30-32(9,10)23(4,5)6)18(27)21(29-17)26-12-11-16-13-24-15-25-20(16)26/h11-13,15,17-19,21,27H,14H2,1-10H3/t17-,18-,19-,21+/m0/s1. The fourth-order valence-corrected chi connectivity index (χ4v) is 5.70. The number of hydrogen-bond donors (Lipinski definition) is 1. The van der Waals surface area contributed by atoms with Crippen LogP contribution in [0.25, 0.3) is 11.0 Å². The summed E-state index contributed by atoms with van der Waals surface area (Å²) in [4.78, 5) is 8.50. The molecule has 0 aliphatic carbocycles. The van der Waals surface area contributed by atoms with Gasteiger partial charge in [0.1, 0.15) is 30.3 Å². The Kier molecular flexibility index (Phi) is 6.85. The third-order valence-electron chi connectivity index (χ3n) is 7.61. The zero-order valence-corrected chi connectivity index (χ0v) is 23.3. The van der Waals surface area contributed by atoms with Crippen LogP contribution in [-0.2, 0) is 13.6 Å². The predicted octanol–water partition coefficient (Wildman–Crippen LogP) is 5.10. The van der Waals surface area contributed by atoms with Gasteiger partial charge in [-0.25, -0.2) is 9.97 Å². The van der Waals surface area contributed by atoms with Crippen LogP contribution < -0.4 is 0 Å². The molecule has 1 saturated heterocycles. The van der Waals surface area contributed by atoms with Crippen LogP contribution in [0.3, 0.4) is 0 Å². The minimum Gasteiger partial charge on any atom is -0.414 e. The first-order valence-corrected chi connectivity index (χ1v) is 17.3. The van der Waals surface area contributed by atoms with Crippen molar-refractivity contribution in [3.63, 3.8) is 0 Å². The number of aromatic nitrogens is 3. The number of aliphatic hydroxyl groups is 1. The van der Waals surface area contributed by atoms with Crippen LogP contribution in [0.4, 0.5) is 0 Å². The molecule has 4 atom stereocenters. The van der Waals surface area contributed by atoms with Gasteiger partial charge in [-0.3, -0.25) is 0 Å². The van der Waals surface area contributed by atoms with Crippen LogP contribution in [0.15, 0.2) is 24.8 Å². The van der Waals surface area contributed by atoms with Gasteiger partial charge in [0.05, 0.1) is 6.61 Å². The first-order chi connectivity index (χ1) is 14.6. The van der Waals surface area contributed by atoms with Gasteiger partial charge in [-0.05, 0) is 42.3 Å². The van der Waals surface area contributed by atoms with Gasteiger partial charge in [-0.2, -0.15) is 0 Å². The lowest BCUT2D eigenvalue weighted by atomic mass is 10.1. The van der Waals surface area contributed by atoms with E-state index in [0.29, 0.717) is 6.61 Å². The molecule has 32 heavy (non-hydrogen) atoms. The van der Waals surface area contributed by atoms with Gasteiger partial charge < -0.3 is 23.3 Å². The maximum atomic E-state index is 11.4. The summed E-state index contributed by atoms with van der Waals surface area (Å²) in [6.45, 7) is 22.6. The molecule has 0 aromatic carbocycles. The highest BCUT2D eigenvalue weighted by atomic mass is 28.4. The van der Waals surface area contributed by atoms with Crippen LogP contribution in [0.5, 0.6) is 0 Å². The molecule has 1 N–H and O–H groups in total. The van der Waals surface area contributed by atoms with Gasteiger partial charge in [-0.15, -0.1) is 0 Å². The zero-order chi connectivity index (χ0) is 24.1. The Balaban J connectivity index is 1.91. The maximum absolute atomic E-state index is 11.4. The van der Waals surface area contributed by atoms with Crippen molar-refractivity contribution < 1.29 is 18.7 Å². The van der Waals surface area contributed by atoms with Crippen molar-refractivity contribution in [3.05, 3.63) is 24.8 Å². The second-order valence-electron chi connectivity index (χ2n) is 12.0. The zero-order valence-electron chi connectivity index (χ0n) is 21.3. The quantitative estimate of drug-likeness (QED) is 0.581. The molecule has 2 aromatic heterocycles. The van der Waals surface area contributed by atoms with E-state index in [9.17, 15) is 5.11 Å². The molecular formula is C23H41N3O4Si2. The predicted molar refractivity (Wildman–Crippen MR) is 133 cm³/mol. The highest BCUT2D eigenvalue weighted by Crippen LogP contribution is 2.43. The first-order valence-electron chi connectivity index (χ1n) is 11.5. The van der Waals surface area contributed by atoms with E-state index in [4.69, 9.17) is 13.6 Å². The molecule has 1 aliphatic rings. The molecule has 7 nitrogen and oxygen atoms in total. The maximum Gasteiger partial charge on any atom is 0.192 e. The fraction of sp³-hybridized carbons (Fsp3) is 0.739. The van der Waals surface area contributed by atoms with E-state index in [-0.39, 0.29) is 16.2 Å². The third kappa shape index (κ3) is 4.88. The van der Waals surface area contributed by atoms with Crippen molar-refractivity contribution >= 4 is 27.7 Å². The molecule has 0 spiro atoms. The molecular weight excluding hydrogens is 438 g/mol. The van der Waals surface area contributed by atoms with Crippen LogP contribution in [0.1, 0.15) is 47.8 Å². The number of nitrogens with zero attached hydrogens (tertiary/aromatic N) is 3. The molecule has 3 rings (SSSR count). The molecule has 0 bridgehead atoms. The number of hydrogen-bond acceptors (Lipinski definition) is 6. The molecule has 9 heteroatoms. The molecule has 1 aliphatic heterocycles. The molecule has 180 valence electrons. The summed E-state index contributed by atoms with van der Waals surface area (Å²) in [5.74, 6) is 0. The normalized spacial score (nSPS) is 25.6. The monoisotopic (exact) mass is 479 g/mol. The Bertz CT molecular complexity index is 933. The third-order valence-corrected chi connectivity index (χ3v) is 16.6. The Morgan fingerprint density at radius 3 is 2.28 bits per heavy atom. The second-order valence-corrected chi connectivity index (χ2v) is 21.6. The lowest BCUT2D eigenvalue weighted by Crippen LogP contribution is -2.51. The number of fused-ring (bicyclic) bond motifs is 1. The summed E-state index contributed by atoms with van der Waals surface area (Å²) in [6.07, 6.45) is 2.92. The average Bonchev–Trinajstić information content (AvgIpc) is 3.20. The van der Waals surface area contributed by atoms with Crippen molar-refractivity contribution in [2.24, 2.45) is 0 Å². The SMILES string of the molecule is CC(C)(C)[Si](C)(C)OC[C@@H]1O[C@@H](n2ccc3cncnc32)[C@@H](O)[C@H]1O[Si](C)(C)C(C)(C)C. The summed E-state index contributed by atoms with van der Waals surface area (Å²) < 4.78 is 21.6. The van der Waals surface area contributed by atoms with E-state index >= 15 is 0 Å². The van der Waals surface area contributed by atoms with Crippen LogP contribution in [0.2, 0.25) is 36.3 Å². The Hall–Kier alpha value is -1.11. The number of ether oxygens (including phenoxy) is 1. The van der Waals surface area contributed by atoms with E-state index in [1.54, 1.807) is 6.20 Å². The van der Waals surface area contributed by atoms with Crippen molar-refractivity contribution in [2.75, 3.05) is 6.61 Å². The van der Waals surface area contributed by atoms with Crippen molar-refractivity contribution in [1.82, 2.24) is 14.5 Å². The number of rotatable bonds is 6. The molecule has 0 radical (unpaired) electrons. The smallest absolute Gasteiger partial charge is 0.192 e. The van der Waals surface area contributed by atoms with Gasteiger partial charge in [0, 0.05) is 17.8 Å². The summed E-state index contributed by atoms with van der Waals surface area (Å²) in [5, 5.41) is 12.4. The van der Waals surface area contributed by atoms with E-state index in [1.807, 2.05) is 16.8 Å². The molecule has 1 fully saturated rings. The number of aliphatic hydroxyl groups excluding tert-OH is 1. The Labute approximate surface area is 194 Å². The molecule has 3 heterocycles. The summed E-state index contributed by atoms with van der Waals surface area (Å²) in [5.41, 5.74) is 0.737. The van der Waals surface area contributed by atoms with Gasteiger partial charge in [-0.1, -0.05) is 41.5 Å². The highest BCUT2D eigenvalue weighted by molar-refractivity contribution is 6.74. The van der Waals surface area contributed by atoms with Crippen molar-refractivity contribution in [1.29, 1.82) is 0 Å². The van der Waals surface area contributed by atoms with Crippen LogP contribution >= 0.6 is 0 Å². The Morgan fingerprint density at radius 1 is 1.06 bits per heavy atom. The molecule has 0 amide bonds. The first kappa shape index (κ1) is 25.5. The van der Waals surface area contributed by atoms with Crippen LogP contribution in [0, 0.1) is 0 Å². The van der Waals surface area contributed by atoms with Gasteiger partial charge >= 0.3 is 0 Å². The largest absolute Gasteiger partial charge is 0.414 e. The van der Waals surface area contributed by atoms with Gasteiger partial charge in [0.2, 0.25) is 0 Å². The minimum atomic E-state index is -2.15. The topological polar surface area (TPSA) is 78.6 Å². The van der Waals surface area contributed by atoms with Crippen molar-refractivity contribution in [2.45, 2.75) is 102 Å². The van der Waals surface area contributed by atoms with E-state index in [0.717, 1.165) is 11.0 Å². The fourth-order valence-electron chi connectivity index (χ4n) is 3.36. The Morgan fingerprint density at radius 2 is 1.69 bits per heavy atom. The highest BCUT2D eigenvalue weighted by Gasteiger charge is 2.51. The summed E-state index contributed by atoms with van der Waals surface area (Å²) in [7, 11) is -4.14. The lowest BCUT2D eigenvalue weighted by Gasteiger charge is -2.41. The van der Waals surface area contributed by atoms with E-state index in [1.165, 1.54) is 6.33 Å². The van der Waals surface area contributed by atoms with E-state index < -0.39 is 35.1 Å². The van der Waals surface area contributed by atoms with Gasteiger partial charge in [0.15, 0.2) is 22.9 Å². The second kappa shape index (κ2) is 8.59. The summed E-state index contributed by atoms with van der Waals surface area (Å²) >= 11 is 0. The molecule has 2 aromatic rings. The van der Waals surface area contributed by atoms with E-state index in [2.05, 4.69) is 77.7 Å². The van der Waals surface area contributed by atoms with Gasteiger partial charge in [0.25, 0.3) is 0 Å². The van der Waals surface area contributed by atoms with Crippen LogP contribution in [-0.4, -0.2) is 61.2 Å². The average molecular weight is 480 g/mol. The lowest BCUT2D eigenvalue weighted by molar-refractivity contribution is -0.0485. The van der Waals surface area contributed by atoms with Crippen molar-refractivity contribution in [3.8, 4) is 0 Å². The summed E-state index contributed by atoms with van der Waals surface area (Å²) in [6, 6.07) is 1.94. The molecule has 0 saturated carbocycles. The minimum absolute atomic E-state index is 0.0169. The molecule has 0 unspecified atom stereocenters.